The quantitative estimate of drug-likeness (QED) is 0.144. The van der Waals surface area contributed by atoms with Gasteiger partial charge in [-0.15, -0.1) is 0 Å². The number of hydrogen-bond donors (Lipinski definition) is 0. The Kier molecular flexibility index (Phi) is 17.4. The second kappa shape index (κ2) is 28.0. The van der Waals surface area contributed by atoms with Gasteiger partial charge in [0.15, 0.2) is 0 Å². The molecular formula is C98H75N3. The van der Waals surface area contributed by atoms with Gasteiger partial charge >= 0.3 is 0 Å². The van der Waals surface area contributed by atoms with E-state index >= 15 is 0 Å². The third-order valence-corrected chi connectivity index (χ3v) is 19.6. The van der Waals surface area contributed by atoms with E-state index in [1.807, 2.05) is 0 Å². The largest absolute Gasteiger partial charge is 0.309 e. The van der Waals surface area contributed by atoms with Crippen LogP contribution in [-0.2, 0) is 0 Å². The zero-order chi connectivity index (χ0) is 68.2. The van der Waals surface area contributed by atoms with Crippen molar-refractivity contribution < 1.29 is 0 Å². The molecule has 0 aliphatic heterocycles. The highest BCUT2D eigenvalue weighted by molar-refractivity contribution is 6.11. The van der Waals surface area contributed by atoms with Crippen LogP contribution in [-0.4, -0.2) is 13.7 Å². The molecule has 0 saturated heterocycles. The summed E-state index contributed by atoms with van der Waals surface area (Å²) in [6.07, 6.45) is 0. The predicted octanol–water partition coefficient (Wildman–Crippen LogP) is 26.8. The molecule has 3 heteroatoms. The van der Waals surface area contributed by atoms with Gasteiger partial charge in [0.1, 0.15) is 0 Å². The molecule has 0 bridgehead atoms. The third-order valence-electron chi connectivity index (χ3n) is 19.6. The summed E-state index contributed by atoms with van der Waals surface area (Å²) in [5.74, 6) is 0. The zero-order valence-corrected chi connectivity index (χ0v) is 57.2. The number of aromatic nitrogens is 3. The van der Waals surface area contributed by atoms with Crippen molar-refractivity contribution in [1.29, 1.82) is 0 Å². The van der Waals surface area contributed by atoms with Crippen molar-refractivity contribution in [1.82, 2.24) is 13.7 Å². The Morgan fingerprint density at radius 3 is 0.792 bits per heavy atom. The fraction of sp³-hybridized carbons (Fsp3) is 0.0408. The molecule has 3 nitrogen and oxygen atoms in total. The number of benzene rings is 16. The van der Waals surface area contributed by atoms with Crippen LogP contribution in [0.3, 0.4) is 0 Å². The molecule has 0 spiro atoms. The summed E-state index contributed by atoms with van der Waals surface area (Å²) in [6.45, 7) is 8.50. The third kappa shape index (κ3) is 12.8. The summed E-state index contributed by atoms with van der Waals surface area (Å²) >= 11 is 0. The monoisotopic (exact) mass is 1290 g/mol. The Morgan fingerprint density at radius 2 is 0.426 bits per heavy atom. The van der Waals surface area contributed by atoms with Crippen molar-refractivity contribution in [3.05, 3.63) is 404 Å². The summed E-state index contributed by atoms with van der Waals surface area (Å²) in [7, 11) is 0. The number of fused-ring (bicyclic) bond motifs is 10. The van der Waals surface area contributed by atoms with Crippen molar-refractivity contribution >= 4 is 76.2 Å². The van der Waals surface area contributed by atoms with Gasteiger partial charge in [-0.1, -0.05) is 332 Å². The molecule has 3 aromatic heterocycles. The molecule has 101 heavy (non-hydrogen) atoms. The van der Waals surface area contributed by atoms with Crippen LogP contribution >= 0.6 is 0 Å². The first-order chi connectivity index (χ1) is 49.7. The van der Waals surface area contributed by atoms with E-state index < -0.39 is 0 Å². The van der Waals surface area contributed by atoms with E-state index in [1.165, 1.54) is 171 Å². The van der Waals surface area contributed by atoms with E-state index in [-0.39, 0.29) is 0 Å². The van der Waals surface area contributed by atoms with Crippen LogP contribution in [0, 0.1) is 27.7 Å². The predicted molar refractivity (Wildman–Crippen MR) is 432 cm³/mol. The summed E-state index contributed by atoms with van der Waals surface area (Å²) in [5.41, 5.74) is 28.7. The fourth-order valence-corrected chi connectivity index (χ4v) is 14.4. The van der Waals surface area contributed by atoms with Crippen molar-refractivity contribution in [2.24, 2.45) is 0 Å². The number of hydrogen-bond acceptors (Lipinski definition) is 0. The molecule has 19 rings (SSSR count). The van der Waals surface area contributed by atoms with Gasteiger partial charge in [-0.05, 0) is 167 Å². The van der Waals surface area contributed by atoms with Crippen molar-refractivity contribution in [2.75, 3.05) is 0 Å². The van der Waals surface area contributed by atoms with Gasteiger partial charge in [-0.2, -0.15) is 0 Å². The lowest BCUT2D eigenvalue weighted by Crippen LogP contribution is -1.94. The normalized spacial score (nSPS) is 11.2. The summed E-state index contributed by atoms with van der Waals surface area (Å²) in [6, 6.07) is 137. The van der Waals surface area contributed by atoms with Crippen molar-refractivity contribution in [3.8, 4) is 72.7 Å². The molecule has 3 heterocycles. The van der Waals surface area contributed by atoms with Gasteiger partial charge in [-0.25, -0.2) is 0 Å². The van der Waals surface area contributed by atoms with Crippen LogP contribution in [0.15, 0.2) is 382 Å². The Labute approximate surface area is 591 Å². The lowest BCUT2D eigenvalue weighted by molar-refractivity contribution is 1.18. The molecule has 19 aromatic rings. The Hall–Kier alpha value is -12.8. The highest BCUT2D eigenvalue weighted by Crippen LogP contribution is 2.38. The van der Waals surface area contributed by atoms with Crippen LogP contribution in [0.2, 0.25) is 0 Å². The first-order valence-corrected chi connectivity index (χ1v) is 34.9. The van der Waals surface area contributed by atoms with Crippen LogP contribution in [0.25, 0.3) is 149 Å². The summed E-state index contributed by atoms with van der Waals surface area (Å²) in [5, 5.41) is 10.4. The van der Waals surface area contributed by atoms with Gasteiger partial charge in [0, 0.05) is 49.4 Å². The molecule has 0 fully saturated rings. The van der Waals surface area contributed by atoms with Crippen LogP contribution in [0.4, 0.5) is 0 Å². The minimum Gasteiger partial charge on any atom is -0.309 e. The minimum atomic E-state index is 1.18. The number of aryl methyl sites for hydroxylation is 4. The number of nitrogens with zero attached hydrogens (tertiary/aromatic N) is 3. The summed E-state index contributed by atoms with van der Waals surface area (Å²) < 4.78 is 7.07. The highest BCUT2D eigenvalue weighted by Gasteiger charge is 2.16. The SMILES string of the molecule is Cc1ccc(-c2ccc(-c3ccc(-n4c5ccccc5c5ccccc54)cc3)cc2)cc1.Cc1ccc(-c2ccc(-n3c4ccccc4c4ccccc43)cc2)cc1.Cc1ccc(-c2cccc3ccccc23)cc1.Cc1cccc(-c2cccc(-n3c4ccccc4c4ccccc43)c2)c1. The standard InChI is InChI=1S/C31H23N.2C25H19N.C17H14/c1-22-10-12-23(13-11-22)24-14-16-25(17-15-24)26-18-20-27(21-19-26)32-30-8-4-2-6-28(30)29-7-3-5-9-31(29)32;1-18-8-6-9-19(16-18)20-10-7-11-21(17-20)26-24-14-4-2-12-22(24)23-13-3-5-15-25(23)26;1-18-10-12-19(13-11-18)20-14-16-21(17-15-20)26-24-8-4-2-6-22(24)23-7-3-5-9-25(23)26;1-13-9-11-15(12-10-13)17-8-4-6-14-5-2-3-7-16(14)17/h2-21H,1H3;2*2-17H,1H3;2-12H,1H3. The van der Waals surface area contributed by atoms with E-state index in [4.69, 9.17) is 0 Å². The van der Waals surface area contributed by atoms with Crippen LogP contribution < -0.4 is 0 Å². The zero-order valence-electron chi connectivity index (χ0n) is 57.2. The molecule has 0 amide bonds. The lowest BCUT2D eigenvalue weighted by atomic mass is 9.98. The molecule has 16 aromatic carbocycles. The molecule has 0 saturated carbocycles. The first kappa shape index (κ1) is 63.0. The maximum atomic E-state index is 2.37. The lowest BCUT2D eigenvalue weighted by Gasteiger charge is -2.10. The van der Waals surface area contributed by atoms with E-state index in [0.29, 0.717) is 0 Å². The minimum absolute atomic E-state index is 1.18. The van der Waals surface area contributed by atoms with E-state index in [2.05, 4.69) is 424 Å². The Bertz CT molecular complexity index is 5960. The van der Waals surface area contributed by atoms with Crippen LogP contribution in [0.5, 0.6) is 0 Å². The second-order valence-corrected chi connectivity index (χ2v) is 26.3. The molecule has 0 aliphatic rings. The fourth-order valence-electron chi connectivity index (χ4n) is 14.4. The first-order valence-electron chi connectivity index (χ1n) is 34.9. The highest BCUT2D eigenvalue weighted by atomic mass is 15.0. The maximum absolute atomic E-state index is 2.37. The van der Waals surface area contributed by atoms with Gasteiger partial charge in [0.05, 0.1) is 33.1 Å². The van der Waals surface area contributed by atoms with E-state index in [1.54, 1.807) is 0 Å². The molecule has 0 aliphatic carbocycles. The van der Waals surface area contributed by atoms with Gasteiger partial charge in [0.25, 0.3) is 0 Å². The molecule has 0 atom stereocenters. The Balaban J connectivity index is 0.000000107. The molecule has 0 unspecified atom stereocenters. The molecular weight excluding hydrogens is 1220 g/mol. The second-order valence-electron chi connectivity index (χ2n) is 26.3. The van der Waals surface area contributed by atoms with Gasteiger partial charge < -0.3 is 13.7 Å². The molecule has 0 N–H and O–H groups in total. The average Bonchev–Trinajstić information content (AvgIpc) is 1.62. The van der Waals surface area contributed by atoms with Gasteiger partial charge in [0.2, 0.25) is 0 Å². The van der Waals surface area contributed by atoms with Gasteiger partial charge in [-0.3, -0.25) is 0 Å². The topological polar surface area (TPSA) is 14.8 Å². The van der Waals surface area contributed by atoms with E-state index in [9.17, 15) is 0 Å². The Morgan fingerprint density at radius 1 is 0.158 bits per heavy atom. The summed E-state index contributed by atoms with van der Waals surface area (Å²) in [4.78, 5) is 0. The average molecular weight is 1290 g/mol. The molecule has 0 radical (unpaired) electrons. The van der Waals surface area contributed by atoms with Crippen LogP contribution in [0.1, 0.15) is 22.3 Å². The van der Waals surface area contributed by atoms with Crippen molar-refractivity contribution in [3.63, 3.8) is 0 Å². The maximum Gasteiger partial charge on any atom is 0.0541 e. The van der Waals surface area contributed by atoms with Crippen molar-refractivity contribution in [2.45, 2.75) is 27.7 Å². The smallest absolute Gasteiger partial charge is 0.0541 e. The number of para-hydroxylation sites is 6. The molecule has 482 valence electrons. The van der Waals surface area contributed by atoms with E-state index in [0.717, 1.165) is 0 Å². The number of rotatable bonds is 8.